The molecule has 6 aromatic rings. The van der Waals surface area contributed by atoms with Gasteiger partial charge in [-0.2, -0.15) is 0 Å². The van der Waals surface area contributed by atoms with E-state index in [0.29, 0.717) is 24.6 Å². The number of carbonyl (C=O) groups is 1. The van der Waals surface area contributed by atoms with Crippen LogP contribution >= 0.6 is 0 Å². The van der Waals surface area contributed by atoms with E-state index < -0.39 is 0 Å². The summed E-state index contributed by atoms with van der Waals surface area (Å²) in [4.78, 5) is 38.7. The number of fused-ring (bicyclic) bond motifs is 1. The summed E-state index contributed by atoms with van der Waals surface area (Å²) < 4.78 is 6.90. The number of methoxy groups -OCH3 is 1. The molecular formula is C34H30N6O3. The lowest BCUT2D eigenvalue weighted by Crippen LogP contribution is -2.34. The molecule has 0 saturated heterocycles. The molecule has 0 aliphatic rings. The number of pyridine rings is 1. The molecule has 0 unspecified atom stereocenters. The van der Waals surface area contributed by atoms with Crippen molar-refractivity contribution in [1.29, 1.82) is 0 Å². The summed E-state index contributed by atoms with van der Waals surface area (Å²) in [5.74, 6) is 0.923. The van der Waals surface area contributed by atoms with Crippen molar-refractivity contribution < 1.29 is 9.53 Å². The fourth-order valence-electron chi connectivity index (χ4n) is 4.98. The van der Waals surface area contributed by atoms with Gasteiger partial charge in [0.2, 0.25) is 5.91 Å². The topological polar surface area (TPSA) is 114 Å². The number of anilines is 1. The van der Waals surface area contributed by atoms with Crippen molar-refractivity contribution in [3.05, 3.63) is 131 Å². The lowest BCUT2D eigenvalue weighted by Gasteiger charge is -2.15. The van der Waals surface area contributed by atoms with Crippen molar-refractivity contribution in [3.8, 4) is 28.3 Å². The highest BCUT2D eigenvalue weighted by atomic mass is 16.5. The SMILES string of the molecule is COc1ccccc1-c1ccc(CNc2cnc(-c3ccccc3)n(CC(=O)NCc3cc4cnccc4[nH]3)c2=O)cc1. The number of aromatic nitrogens is 4. The van der Waals surface area contributed by atoms with Gasteiger partial charge < -0.3 is 20.4 Å². The van der Waals surface area contributed by atoms with E-state index in [2.05, 4.69) is 25.6 Å². The van der Waals surface area contributed by atoms with Gasteiger partial charge in [0, 0.05) is 46.7 Å². The molecule has 0 atom stereocenters. The normalized spacial score (nSPS) is 10.9. The molecular weight excluding hydrogens is 540 g/mol. The molecule has 3 aromatic heterocycles. The average Bonchev–Trinajstić information content (AvgIpc) is 3.48. The molecule has 214 valence electrons. The molecule has 9 heteroatoms. The number of benzene rings is 3. The first-order valence-corrected chi connectivity index (χ1v) is 13.9. The minimum Gasteiger partial charge on any atom is -0.496 e. The summed E-state index contributed by atoms with van der Waals surface area (Å²) in [5, 5.41) is 7.09. The molecule has 3 heterocycles. The molecule has 0 saturated carbocycles. The van der Waals surface area contributed by atoms with E-state index >= 15 is 0 Å². The van der Waals surface area contributed by atoms with Crippen LogP contribution < -0.4 is 20.9 Å². The summed E-state index contributed by atoms with van der Waals surface area (Å²) in [5.41, 5.74) is 5.55. The number of nitrogens with one attached hydrogen (secondary N) is 3. The third-order valence-corrected chi connectivity index (χ3v) is 7.19. The Morgan fingerprint density at radius 2 is 1.70 bits per heavy atom. The van der Waals surface area contributed by atoms with Gasteiger partial charge in [-0.15, -0.1) is 0 Å². The van der Waals surface area contributed by atoms with Gasteiger partial charge >= 0.3 is 0 Å². The standard InChI is InChI=1S/C34H30N6O3/c1-43-31-10-6-5-9-28(31)24-13-11-23(12-14-24)18-36-30-21-38-33(25-7-3-2-4-8-25)40(34(30)42)22-32(41)37-20-27-17-26-19-35-16-15-29(26)39-27/h2-17,19,21,36,39H,18,20,22H2,1H3,(H,37,41). The maximum absolute atomic E-state index is 13.7. The number of nitrogens with zero attached hydrogens (tertiary/aromatic N) is 3. The lowest BCUT2D eigenvalue weighted by atomic mass is 10.0. The molecule has 9 nitrogen and oxygen atoms in total. The van der Waals surface area contributed by atoms with Gasteiger partial charge in [-0.05, 0) is 29.3 Å². The Bertz CT molecular complexity index is 1900. The molecule has 1 amide bonds. The predicted octanol–water partition coefficient (Wildman–Crippen LogP) is 5.39. The number of hydrogen-bond donors (Lipinski definition) is 3. The zero-order chi connectivity index (χ0) is 29.6. The zero-order valence-electron chi connectivity index (χ0n) is 23.6. The second-order valence-corrected chi connectivity index (χ2v) is 10.0. The smallest absolute Gasteiger partial charge is 0.277 e. The van der Waals surface area contributed by atoms with Gasteiger partial charge in [-0.1, -0.05) is 72.8 Å². The van der Waals surface area contributed by atoms with Crippen LogP contribution in [-0.2, 0) is 24.4 Å². The molecule has 3 aromatic carbocycles. The van der Waals surface area contributed by atoms with Gasteiger partial charge in [0.05, 0.1) is 19.9 Å². The number of rotatable bonds is 10. The van der Waals surface area contributed by atoms with Crippen LogP contribution in [0, 0.1) is 0 Å². The van der Waals surface area contributed by atoms with Gasteiger partial charge in [0.25, 0.3) is 5.56 Å². The first-order valence-electron chi connectivity index (χ1n) is 13.9. The fraction of sp³-hybridized carbons (Fsp3) is 0.118. The van der Waals surface area contributed by atoms with Crippen LogP contribution in [0.1, 0.15) is 11.3 Å². The van der Waals surface area contributed by atoms with E-state index in [0.717, 1.165) is 44.6 Å². The highest BCUT2D eigenvalue weighted by molar-refractivity contribution is 5.80. The monoisotopic (exact) mass is 570 g/mol. The second kappa shape index (κ2) is 12.4. The number of hydrogen-bond acceptors (Lipinski definition) is 6. The van der Waals surface area contributed by atoms with E-state index in [-0.39, 0.29) is 18.0 Å². The Labute approximate surface area is 248 Å². The second-order valence-electron chi connectivity index (χ2n) is 10.0. The fourth-order valence-corrected chi connectivity index (χ4v) is 4.98. The van der Waals surface area contributed by atoms with Crippen LogP contribution in [-0.4, -0.2) is 32.5 Å². The van der Waals surface area contributed by atoms with Gasteiger partial charge in [-0.25, -0.2) is 4.98 Å². The third kappa shape index (κ3) is 6.15. The first kappa shape index (κ1) is 27.5. The minimum atomic E-state index is -0.327. The van der Waals surface area contributed by atoms with Crippen LogP contribution in [0.4, 0.5) is 5.69 Å². The molecule has 0 bridgehead atoms. The van der Waals surface area contributed by atoms with E-state index in [1.165, 1.54) is 10.8 Å². The molecule has 0 spiro atoms. The Hall–Kier alpha value is -5.70. The molecule has 0 fully saturated rings. The number of carbonyl (C=O) groups excluding carboxylic acids is 1. The number of ether oxygens (including phenoxy) is 1. The van der Waals surface area contributed by atoms with Crippen molar-refractivity contribution in [2.75, 3.05) is 12.4 Å². The minimum absolute atomic E-state index is 0.180. The Balaban J connectivity index is 1.19. The third-order valence-electron chi connectivity index (χ3n) is 7.19. The van der Waals surface area contributed by atoms with E-state index in [1.807, 2.05) is 91.0 Å². The first-order chi connectivity index (χ1) is 21.1. The number of H-pyrrole nitrogens is 1. The maximum atomic E-state index is 13.7. The quantitative estimate of drug-likeness (QED) is 0.204. The molecule has 0 radical (unpaired) electrons. The molecule has 43 heavy (non-hydrogen) atoms. The average molecular weight is 571 g/mol. The van der Waals surface area contributed by atoms with Gasteiger partial charge in [0.15, 0.2) is 0 Å². The maximum Gasteiger partial charge on any atom is 0.277 e. The van der Waals surface area contributed by atoms with Crippen LogP contribution in [0.25, 0.3) is 33.4 Å². The predicted molar refractivity (Wildman–Crippen MR) is 168 cm³/mol. The number of aromatic amines is 1. The van der Waals surface area contributed by atoms with Gasteiger partial charge in [-0.3, -0.25) is 19.1 Å². The molecule has 6 rings (SSSR count). The van der Waals surface area contributed by atoms with E-state index in [9.17, 15) is 9.59 Å². The zero-order valence-corrected chi connectivity index (χ0v) is 23.6. The largest absolute Gasteiger partial charge is 0.496 e. The van der Waals surface area contributed by atoms with Crippen molar-refractivity contribution in [2.24, 2.45) is 0 Å². The van der Waals surface area contributed by atoms with E-state index in [4.69, 9.17) is 4.74 Å². The van der Waals surface area contributed by atoms with Crippen molar-refractivity contribution in [2.45, 2.75) is 19.6 Å². The highest BCUT2D eigenvalue weighted by Crippen LogP contribution is 2.29. The summed E-state index contributed by atoms with van der Waals surface area (Å²) in [7, 11) is 1.66. The lowest BCUT2D eigenvalue weighted by molar-refractivity contribution is -0.121. The van der Waals surface area contributed by atoms with E-state index in [1.54, 1.807) is 19.5 Å². The molecule has 3 N–H and O–H groups in total. The highest BCUT2D eigenvalue weighted by Gasteiger charge is 2.16. The van der Waals surface area contributed by atoms with Crippen LogP contribution in [0.5, 0.6) is 5.75 Å². The van der Waals surface area contributed by atoms with Gasteiger partial charge in [0.1, 0.15) is 23.8 Å². The van der Waals surface area contributed by atoms with Crippen LogP contribution in [0.3, 0.4) is 0 Å². The van der Waals surface area contributed by atoms with Crippen molar-refractivity contribution >= 4 is 22.5 Å². The number of amides is 1. The van der Waals surface area contributed by atoms with Crippen LogP contribution in [0.2, 0.25) is 0 Å². The van der Waals surface area contributed by atoms with Crippen molar-refractivity contribution in [3.63, 3.8) is 0 Å². The Morgan fingerprint density at radius 3 is 2.49 bits per heavy atom. The van der Waals surface area contributed by atoms with Crippen molar-refractivity contribution in [1.82, 2.24) is 24.8 Å². The Kier molecular flexibility index (Phi) is 7.95. The molecule has 0 aliphatic heterocycles. The number of para-hydroxylation sites is 1. The summed E-state index contributed by atoms with van der Waals surface area (Å²) in [6.45, 7) is 0.523. The molecule has 0 aliphatic carbocycles. The Morgan fingerprint density at radius 1 is 0.907 bits per heavy atom. The van der Waals surface area contributed by atoms with Crippen LogP contribution in [0.15, 0.2) is 114 Å². The summed E-state index contributed by atoms with van der Waals surface area (Å²) in [6.07, 6.45) is 5.01. The summed E-state index contributed by atoms with van der Waals surface area (Å²) in [6, 6.07) is 29.1. The summed E-state index contributed by atoms with van der Waals surface area (Å²) >= 11 is 0.